The third-order valence-corrected chi connectivity index (χ3v) is 5.90. The predicted octanol–water partition coefficient (Wildman–Crippen LogP) is 1.63. The monoisotopic (exact) mass is 379 g/mol. The van der Waals surface area contributed by atoms with E-state index in [1.54, 1.807) is 24.5 Å². The Hall–Kier alpha value is -2.16. The normalized spacial score (nSPS) is 13.2. The lowest BCUT2D eigenvalue weighted by molar-refractivity contribution is -0.121. The van der Waals surface area contributed by atoms with Gasteiger partial charge in [0.1, 0.15) is 5.76 Å². The average molecular weight is 379 g/mol. The first-order valence-electron chi connectivity index (χ1n) is 8.21. The highest BCUT2D eigenvalue weighted by molar-refractivity contribution is 7.89. The molecular formula is C18H25N3O4S. The summed E-state index contributed by atoms with van der Waals surface area (Å²) in [7, 11) is 1.45. The molecule has 1 N–H and O–H groups in total. The van der Waals surface area contributed by atoms with Crippen LogP contribution in [0.25, 0.3) is 0 Å². The zero-order valence-corrected chi connectivity index (χ0v) is 16.3. The first kappa shape index (κ1) is 20.2. The van der Waals surface area contributed by atoms with Gasteiger partial charge in [-0.05, 0) is 45.3 Å². The van der Waals surface area contributed by atoms with Gasteiger partial charge in [-0.25, -0.2) is 8.42 Å². The largest absolute Gasteiger partial charge is 0.468 e. The Kier molecular flexibility index (Phi) is 6.57. The molecule has 2 rings (SSSR count). The summed E-state index contributed by atoms with van der Waals surface area (Å²) in [5, 5.41) is 2.77. The van der Waals surface area contributed by atoms with Crippen LogP contribution in [0.2, 0.25) is 0 Å². The van der Waals surface area contributed by atoms with Gasteiger partial charge < -0.3 is 9.73 Å². The number of furan rings is 1. The number of carbonyl (C=O) groups excluding carboxylic acids is 1. The van der Waals surface area contributed by atoms with E-state index < -0.39 is 10.0 Å². The van der Waals surface area contributed by atoms with E-state index in [1.807, 2.05) is 32.0 Å². The Morgan fingerprint density at radius 1 is 1.15 bits per heavy atom. The van der Waals surface area contributed by atoms with Crippen LogP contribution in [-0.4, -0.2) is 57.8 Å². The predicted molar refractivity (Wildman–Crippen MR) is 99.1 cm³/mol. The number of sulfonamides is 1. The SMILES string of the molecule is Cc1ccc(S(=O)(=O)N(C)CC(=O)NC[C@@H](c2ccco2)N(C)C)cc1. The maximum atomic E-state index is 12.5. The van der Waals surface area contributed by atoms with Crippen molar-refractivity contribution in [2.45, 2.75) is 17.9 Å². The molecule has 142 valence electrons. The molecule has 7 nitrogen and oxygen atoms in total. The van der Waals surface area contributed by atoms with Crippen molar-refractivity contribution in [3.05, 3.63) is 54.0 Å². The molecule has 2 aromatic rings. The van der Waals surface area contributed by atoms with E-state index in [1.165, 1.54) is 19.2 Å². The number of hydrogen-bond acceptors (Lipinski definition) is 5. The summed E-state index contributed by atoms with van der Waals surface area (Å²) < 4.78 is 31.5. The summed E-state index contributed by atoms with van der Waals surface area (Å²) in [5.41, 5.74) is 0.969. The van der Waals surface area contributed by atoms with Gasteiger partial charge in [0.05, 0.1) is 23.7 Å². The summed E-state index contributed by atoms with van der Waals surface area (Å²) in [4.78, 5) is 14.3. The van der Waals surface area contributed by atoms with Crippen LogP contribution in [0, 0.1) is 6.92 Å². The number of amides is 1. The van der Waals surface area contributed by atoms with Gasteiger partial charge in [-0.3, -0.25) is 9.69 Å². The minimum atomic E-state index is -3.71. The molecule has 0 radical (unpaired) electrons. The lowest BCUT2D eigenvalue weighted by Gasteiger charge is -2.23. The van der Waals surface area contributed by atoms with E-state index in [0.717, 1.165) is 15.6 Å². The highest BCUT2D eigenvalue weighted by atomic mass is 32.2. The van der Waals surface area contributed by atoms with Gasteiger partial charge in [0, 0.05) is 13.6 Å². The third-order valence-electron chi connectivity index (χ3n) is 4.08. The molecule has 0 saturated heterocycles. The Labute approximate surface area is 154 Å². The zero-order chi connectivity index (χ0) is 19.3. The Morgan fingerprint density at radius 3 is 2.35 bits per heavy atom. The number of carbonyl (C=O) groups is 1. The van der Waals surface area contributed by atoms with Crippen molar-refractivity contribution < 1.29 is 17.6 Å². The first-order chi connectivity index (χ1) is 12.2. The number of likely N-dealkylation sites (N-methyl/N-ethyl adjacent to an activating group) is 2. The van der Waals surface area contributed by atoms with Crippen molar-refractivity contribution in [3.8, 4) is 0 Å². The summed E-state index contributed by atoms with van der Waals surface area (Å²) >= 11 is 0. The van der Waals surface area contributed by atoms with Gasteiger partial charge in [-0.1, -0.05) is 17.7 Å². The maximum absolute atomic E-state index is 12.5. The number of nitrogens with one attached hydrogen (secondary N) is 1. The van der Waals surface area contributed by atoms with Gasteiger partial charge in [-0.15, -0.1) is 0 Å². The van der Waals surface area contributed by atoms with Crippen LogP contribution in [-0.2, 0) is 14.8 Å². The molecule has 1 amide bonds. The molecule has 0 bridgehead atoms. The van der Waals surface area contributed by atoms with E-state index in [-0.39, 0.29) is 23.4 Å². The quantitative estimate of drug-likeness (QED) is 0.754. The number of rotatable bonds is 8. The fraction of sp³-hybridized carbons (Fsp3) is 0.389. The molecule has 1 atom stereocenters. The molecule has 1 aromatic carbocycles. The molecule has 0 saturated carbocycles. The van der Waals surface area contributed by atoms with Gasteiger partial charge >= 0.3 is 0 Å². The first-order valence-corrected chi connectivity index (χ1v) is 9.65. The van der Waals surface area contributed by atoms with Crippen LogP contribution >= 0.6 is 0 Å². The highest BCUT2D eigenvalue weighted by Gasteiger charge is 2.24. The summed E-state index contributed by atoms with van der Waals surface area (Å²) in [6, 6.07) is 10.0. The van der Waals surface area contributed by atoms with E-state index >= 15 is 0 Å². The topological polar surface area (TPSA) is 82.9 Å². The van der Waals surface area contributed by atoms with Crippen LogP contribution in [0.3, 0.4) is 0 Å². The molecule has 0 unspecified atom stereocenters. The molecule has 8 heteroatoms. The summed E-state index contributed by atoms with van der Waals surface area (Å²) in [6.07, 6.45) is 1.58. The average Bonchev–Trinajstić information content (AvgIpc) is 3.09. The lowest BCUT2D eigenvalue weighted by atomic mass is 10.2. The van der Waals surface area contributed by atoms with Crippen LogP contribution in [0.15, 0.2) is 52.0 Å². The zero-order valence-electron chi connectivity index (χ0n) is 15.5. The van der Waals surface area contributed by atoms with E-state index in [4.69, 9.17) is 4.42 Å². The highest BCUT2D eigenvalue weighted by Crippen LogP contribution is 2.18. The lowest BCUT2D eigenvalue weighted by Crippen LogP contribution is -2.41. The van der Waals surface area contributed by atoms with Crippen LogP contribution in [0.4, 0.5) is 0 Å². The smallest absolute Gasteiger partial charge is 0.243 e. The second-order valence-electron chi connectivity index (χ2n) is 6.37. The summed E-state index contributed by atoms with van der Waals surface area (Å²) in [6.45, 7) is 1.94. The van der Waals surface area contributed by atoms with Gasteiger partial charge in [-0.2, -0.15) is 4.31 Å². The van der Waals surface area contributed by atoms with Crippen molar-refractivity contribution >= 4 is 15.9 Å². The van der Waals surface area contributed by atoms with Crippen molar-refractivity contribution in [1.82, 2.24) is 14.5 Å². The summed E-state index contributed by atoms with van der Waals surface area (Å²) in [5.74, 6) is 0.359. The van der Waals surface area contributed by atoms with Crippen LogP contribution in [0.5, 0.6) is 0 Å². The molecule has 0 fully saturated rings. The standard InChI is InChI=1S/C18H25N3O4S/c1-14-7-9-15(10-8-14)26(23,24)21(4)13-18(22)19-12-16(20(2)3)17-6-5-11-25-17/h5-11,16H,12-13H2,1-4H3,(H,19,22)/t16-/m0/s1. The van der Waals surface area contributed by atoms with Gasteiger partial charge in [0.15, 0.2) is 0 Å². The molecule has 0 aliphatic heterocycles. The van der Waals surface area contributed by atoms with Crippen molar-refractivity contribution in [3.63, 3.8) is 0 Å². The molecular weight excluding hydrogens is 354 g/mol. The van der Waals surface area contributed by atoms with E-state index in [9.17, 15) is 13.2 Å². The minimum Gasteiger partial charge on any atom is -0.468 e. The number of benzene rings is 1. The molecule has 0 aliphatic rings. The van der Waals surface area contributed by atoms with Gasteiger partial charge in [0.2, 0.25) is 15.9 Å². The van der Waals surface area contributed by atoms with E-state index in [2.05, 4.69) is 5.32 Å². The van der Waals surface area contributed by atoms with Crippen molar-refractivity contribution in [2.75, 3.05) is 34.2 Å². The van der Waals surface area contributed by atoms with Crippen molar-refractivity contribution in [1.29, 1.82) is 0 Å². The number of aryl methyl sites for hydroxylation is 1. The van der Waals surface area contributed by atoms with Gasteiger partial charge in [0.25, 0.3) is 0 Å². The van der Waals surface area contributed by atoms with Crippen molar-refractivity contribution in [2.24, 2.45) is 0 Å². The Bertz CT molecular complexity index is 815. The second kappa shape index (κ2) is 8.48. The second-order valence-corrected chi connectivity index (χ2v) is 8.42. The number of hydrogen-bond donors (Lipinski definition) is 1. The van der Waals surface area contributed by atoms with Crippen LogP contribution < -0.4 is 5.32 Å². The fourth-order valence-corrected chi connectivity index (χ4v) is 3.59. The molecule has 0 spiro atoms. The van der Waals surface area contributed by atoms with Crippen LogP contribution in [0.1, 0.15) is 17.4 Å². The molecule has 0 aliphatic carbocycles. The molecule has 1 aromatic heterocycles. The molecule has 26 heavy (non-hydrogen) atoms. The fourth-order valence-electron chi connectivity index (χ4n) is 2.46. The number of nitrogens with zero attached hydrogens (tertiary/aromatic N) is 2. The Balaban J connectivity index is 1.97. The third kappa shape index (κ3) is 4.94. The minimum absolute atomic E-state index is 0.132. The maximum Gasteiger partial charge on any atom is 0.243 e. The Morgan fingerprint density at radius 2 is 1.81 bits per heavy atom. The molecule has 1 heterocycles. The van der Waals surface area contributed by atoms with E-state index in [0.29, 0.717) is 6.54 Å².